The number of carbonyl (C=O) groups excluding carboxylic acids is 1. The summed E-state index contributed by atoms with van der Waals surface area (Å²) in [7, 11) is 0. The zero-order chi connectivity index (χ0) is 25.5. The van der Waals surface area contributed by atoms with Crippen molar-refractivity contribution in [3.8, 4) is 11.5 Å². The van der Waals surface area contributed by atoms with Gasteiger partial charge in [0.1, 0.15) is 5.76 Å². The molecule has 192 valence electrons. The first-order valence-corrected chi connectivity index (χ1v) is 13.3. The first-order valence-electron chi connectivity index (χ1n) is 12.5. The third-order valence-corrected chi connectivity index (χ3v) is 7.77. The van der Waals surface area contributed by atoms with Crippen molar-refractivity contribution in [2.75, 3.05) is 31.4 Å². The molecule has 1 aromatic carbocycles. The second-order valence-electron chi connectivity index (χ2n) is 9.14. The van der Waals surface area contributed by atoms with Crippen LogP contribution in [0.25, 0.3) is 6.08 Å². The number of allylic oxidation sites excluding steroid dienone is 1. The number of hydrogen-bond acceptors (Lipinski definition) is 9. The number of thiazole rings is 1. The normalized spacial score (nSPS) is 19.1. The Morgan fingerprint density at radius 2 is 1.97 bits per heavy atom. The molecule has 1 fully saturated rings. The van der Waals surface area contributed by atoms with Gasteiger partial charge in [0, 0.05) is 25.2 Å². The number of ether oxygens (including phenoxy) is 3. The van der Waals surface area contributed by atoms with Crippen molar-refractivity contribution < 1.29 is 23.4 Å². The molecular weight excluding hydrogens is 494 g/mol. The van der Waals surface area contributed by atoms with Gasteiger partial charge in [-0.2, -0.15) is 0 Å². The Labute approximate surface area is 216 Å². The molecule has 3 aliphatic heterocycles. The minimum atomic E-state index is -0.715. The molecule has 5 heterocycles. The Hall–Kier alpha value is -3.79. The predicted octanol–water partition coefficient (Wildman–Crippen LogP) is 3.11. The molecule has 0 aliphatic carbocycles. The molecule has 0 spiro atoms. The highest BCUT2D eigenvalue weighted by atomic mass is 32.1. The average molecular weight is 522 g/mol. The maximum atomic E-state index is 13.8. The fourth-order valence-corrected chi connectivity index (χ4v) is 6.05. The lowest BCUT2D eigenvalue weighted by Gasteiger charge is -2.25. The molecule has 10 heteroatoms. The first-order chi connectivity index (χ1) is 18.0. The van der Waals surface area contributed by atoms with E-state index < -0.39 is 12.0 Å². The molecule has 0 saturated carbocycles. The Morgan fingerprint density at radius 1 is 1.16 bits per heavy atom. The monoisotopic (exact) mass is 521 g/mol. The van der Waals surface area contributed by atoms with Crippen molar-refractivity contribution in [2.24, 2.45) is 4.99 Å². The summed E-state index contributed by atoms with van der Waals surface area (Å²) in [6, 6.07) is 8.55. The Balaban J connectivity index is 1.45. The van der Waals surface area contributed by atoms with Gasteiger partial charge in [0.05, 0.1) is 28.5 Å². The van der Waals surface area contributed by atoms with Gasteiger partial charge in [0.15, 0.2) is 22.2 Å². The van der Waals surface area contributed by atoms with Gasteiger partial charge in [-0.25, -0.2) is 9.79 Å². The van der Waals surface area contributed by atoms with Gasteiger partial charge in [-0.15, -0.1) is 0 Å². The van der Waals surface area contributed by atoms with Gasteiger partial charge in [0.2, 0.25) is 6.79 Å². The summed E-state index contributed by atoms with van der Waals surface area (Å²) in [6.07, 6.45) is 5.29. The number of carbonyl (C=O) groups is 1. The molecule has 1 atom stereocenters. The van der Waals surface area contributed by atoms with Crippen LogP contribution in [0.15, 0.2) is 55.8 Å². The summed E-state index contributed by atoms with van der Waals surface area (Å²) in [4.78, 5) is 34.2. The van der Waals surface area contributed by atoms with Crippen LogP contribution in [0.1, 0.15) is 50.5 Å². The van der Waals surface area contributed by atoms with E-state index in [4.69, 9.17) is 18.6 Å². The van der Waals surface area contributed by atoms with Crippen molar-refractivity contribution in [3.63, 3.8) is 0 Å². The standard InChI is InChI=1S/C27H27N3O6S/c1-3-33-26(32)23-16(2)28-27-30(24(23)17-7-9-19-20(13-17)35-15-34-19)25(31)21(37-27)14-18-8-10-22(36-18)29-11-5-4-6-12-29/h7-10,13-14,24H,3-6,11-12,15H2,1-2H3/b21-14-/t24-/m0/s1. The number of aromatic nitrogens is 1. The van der Waals surface area contributed by atoms with E-state index in [2.05, 4.69) is 9.89 Å². The minimum absolute atomic E-state index is 0.129. The summed E-state index contributed by atoms with van der Waals surface area (Å²) in [5, 5.41) is 0. The lowest BCUT2D eigenvalue weighted by molar-refractivity contribution is -0.139. The van der Waals surface area contributed by atoms with Gasteiger partial charge < -0.3 is 23.5 Å². The van der Waals surface area contributed by atoms with Crippen LogP contribution >= 0.6 is 11.3 Å². The molecule has 3 aromatic rings. The molecule has 0 unspecified atom stereocenters. The van der Waals surface area contributed by atoms with Crippen LogP contribution < -0.4 is 29.3 Å². The van der Waals surface area contributed by atoms with E-state index in [0.29, 0.717) is 43.4 Å². The highest BCUT2D eigenvalue weighted by Gasteiger charge is 2.34. The van der Waals surface area contributed by atoms with Gasteiger partial charge in [0.25, 0.3) is 5.56 Å². The molecule has 0 radical (unpaired) electrons. The lowest BCUT2D eigenvalue weighted by atomic mass is 9.95. The summed E-state index contributed by atoms with van der Waals surface area (Å²) in [5.41, 5.74) is 1.29. The van der Waals surface area contributed by atoms with E-state index in [1.165, 1.54) is 17.8 Å². The van der Waals surface area contributed by atoms with Crippen LogP contribution in [0.3, 0.4) is 0 Å². The zero-order valence-electron chi connectivity index (χ0n) is 20.7. The second kappa shape index (κ2) is 9.59. The van der Waals surface area contributed by atoms with Crippen LogP contribution in [0.2, 0.25) is 0 Å². The summed E-state index contributed by atoms with van der Waals surface area (Å²) in [6.45, 7) is 5.80. The minimum Gasteiger partial charge on any atom is -0.463 e. The Bertz CT molecular complexity index is 1570. The molecule has 0 N–H and O–H groups in total. The summed E-state index contributed by atoms with van der Waals surface area (Å²) < 4.78 is 24.5. The smallest absolute Gasteiger partial charge is 0.338 e. The summed E-state index contributed by atoms with van der Waals surface area (Å²) in [5.74, 6) is 2.11. The van der Waals surface area contributed by atoms with Crippen molar-refractivity contribution in [2.45, 2.75) is 39.2 Å². The van der Waals surface area contributed by atoms with Gasteiger partial charge >= 0.3 is 5.97 Å². The van der Waals surface area contributed by atoms with Crippen molar-refractivity contribution in [1.29, 1.82) is 0 Å². The fourth-order valence-electron chi connectivity index (χ4n) is 5.02. The highest BCUT2D eigenvalue weighted by Crippen LogP contribution is 2.38. The number of anilines is 1. The van der Waals surface area contributed by atoms with Gasteiger partial charge in [-0.1, -0.05) is 17.4 Å². The van der Waals surface area contributed by atoms with Crippen LogP contribution in [0.5, 0.6) is 11.5 Å². The number of nitrogens with zero attached hydrogens (tertiary/aromatic N) is 3. The van der Waals surface area contributed by atoms with E-state index >= 15 is 0 Å². The van der Waals surface area contributed by atoms with E-state index in [-0.39, 0.29) is 19.0 Å². The molecule has 37 heavy (non-hydrogen) atoms. The maximum Gasteiger partial charge on any atom is 0.338 e. The number of piperidine rings is 1. The van der Waals surface area contributed by atoms with Crippen LogP contribution in [0, 0.1) is 0 Å². The number of esters is 1. The molecule has 1 saturated heterocycles. The predicted molar refractivity (Wildman–Crippen MR) is 138 cm³/mol. The third-order valence-electron chi connectivity index (χ3n) is 6.78. The van der Waals surface area contributed by atoms with Crippen LogP contribution in [0.4, 0.5) is 5.88 Å². The van der Waals surface area contributed by atoms with E-state index in [0.717, 1.165) is 31.8 Å². The summed E-state index contributed by atoms with van der Waals surface area (Å²) >= 11 is 1.27. The number of rotatable bonds is 5. The number of benzene rings is 1. The number of hydrogen-bond donors (Lipinski definition) is 0. The van der Waals surface area contributed by atoms with Crippen LogP contribution in [-0.2, 0) is 9.53 Å². The largest absolute Gasteiger partial charge is 0.463 e. The van der Waals surface area contributed by atoms with Crippen LogP contribution in [-0.4, -0.2) is 37.0 Å². The lowest BCUT2D eigenvalue weighted by Crippen LogP contribution is -2.39. The van der Waals surface area contributed by atoms with E-state index in [9.17, 15) is 9.59 Å². The molecule has 0 bridgehead atoms. The molecule has 3 aliphatic rings. The van der Waals surface area contributed by atoms with Crippen molar-refractivity contribution in [3.05, 3.63) is 72.6 Å². The molecule has 6 rings (SSSR count). The molecule has 0 amide bonds. The topological polar surface area (TPSA) is 95.5 Å². The van der Waals surface area contributed by atoms with Crippen molar-refractivity contribution >= 4 is 29.3 Å². The number of furan rings is 1. The Morgan fingerprint density at radius 3 is 2.78 bits per heavy atom. The van der Waals surface area contributed by atoms with Gasteiger partial charge in [-0.05, 0) is 56.9 Å². The maximum absolute atomic E-state index is 13.8. The van der Waals surface area contributed by atoms with E-state index in [1.807, 2.05) is 18.2 Å². The molecule has 2 aromatic heterocycles. The highest BCUT2D eigenvalue weighted by molar-refractivity contribution is 7.07. The second-order valence-corrected chi connectivity index (χ2v) is 10.1. The first kappa shape index (κ1) is 23.6. The third kappa shape index (κ3) is 4.25. The number of fused-ring (bicyclic) bond motifs is 2. The Kier molecular flexibility index (Phi) is 6.11. The fraction of sp³-hybridized carbons (Fsp3) is 0.370. The average Bonchev–Trinajstić information content (AvgIpc) is 3.63. The zero-order valence-corrected chi connectivity index (χ0v) is 21.5. The molecule has 9 nitrogen and oxygen atoms in total. The SMILES string of the molecule is CCOC(=O)C1=C(C)N=c2s/c(=C\c3ccc(N4CCCCC4)o3)c(=O)n2[C@H]1c1ccc2c(c1)OCO2. The quantitative estimate of drug-likeness (QED) is 0.476. The van der Waals surface area contributed by atoms with Gasteiger partial charge in [-0.3, -0.25) is 9.36 Å². The van der Waals surface area contributed by atoms with E-state index in [1.54, 1.807) is 36.6 Å². The molecular formula is C27H27N3O6S. The van der Waals surface area contributed by atoms with Crippen molar-refractivity contribution in [1.82, 2.24) is 4.57 Å².